The van der Waals surface area contributed by atoms with Crippen LogP contribution in [0.15, 0.2) is 11.1 Å². The fraction of sp³-hybridized carbons (Fsp3) is 0.750. The van der Waals surface area contributed by atoms with E-state index >= 15 is 0 Å². The van der Waals surface area contributed by atoms with Gasteiger partial charge in [0.2, 0.25) is 0 Å². The zero-order valence-electron chi connectivity index (χ0n) is 10.3. The van der Waals surface area contributed by atoms with E-state index in [1.54, 1.807) is 6.08 Å². The van der Waals surface area contributed by atoms with E-state index in [1.807, 2.05) is 34.6 Å². The smallest absolute Gasteiger partial charge is 0.325 e. The fourth-order valence-electron chi connectivity index (χ4n) is 1.88. The monoisotopic (exact) mass is 264 g/mol. The zero-order valence-corrected chi connectivity index (χ0v) is 11.8. The van der Waals surface area contributed by atoms with Crippen LogP contribution in [0.4, 0.5) is 0 Å². The fourth-order valence-corrected chi connectivity index (χ4v) is 2.40. The van der Waals surface area contributed by atoms with Crippen LogP contribution in [0, 0.1) is 16.7 Å². The highest BCUT2D eigenvalue weighted by Crippen LogP contribution is 2.67. The average Bonchev–Trinajstić information content (AvgIpc) is 2.49. The molecule has 0 aromatic heterocycles. The molecule has 1 saturated carbocycles. The predicted molar refractivity (Wildman–Crippen MR) is 66.9 cm³/mol. The van der Waals surface area contributed by atoms with E-state index in [-0.39, 0.29) is 11.3 Å². The molecular weight excluding hydrogens is 247 g/mol. The second-order valence-corrected chi connectivity index (χ2v) is 6.98. The van der Waals surface area contributed by atoms with E-state index in [1.165, 1.54) is 0 Å². The molecular formula is C12H18Cl2O2. The van der Waals surface area contributed by atoms with Crippen LogP contribution in [0.25, 0.3) is 0 Å². The van der Waals surface area contributed by atoms with Gasteiger partial charge in [0.15, 0.2) is 4.87 Å². The Morgan fingerprint density at radius 1 is 1.38 bits per heavy atom. The quantitative estimate of drug-likeness (QED) is 0.769. The van der Waals surface area contributed by atoms with Gasteiger partial charge in [-0.15, -0.1) is 11.6 Å². The molecule has 4 heteroatoms. The third kappa shape index (κ3) is 1.86. The van der Waals surface area contributed by atoms with Crippen LogP contribution in [-0.2, 0) is 4.79 Å². The van der Waals surface area contributed by atoms with Gasteiger partial charge in [0.05, 0.1) is 0 Å². The minimum absolute atomic E-state index is 0.170. The molecule has 1 rings (SSSR count). The number of aliphatic carboxylic acids is 1. The van der Waals surface area contributed by atoms with Gasteiger partial charge in [-0.2, -0.15) is 0 Å². The Labute approximate surface area is 107 Å². The topological polar surface area (TPSA) is 37.3 Å². The Morgan fingerprint density at radius 3 is 2.06 bits per heavy atom. The summed E-state index contributed by atoms with van der Waals surface area (Å²) in [6.07, 6.45) is 1.79. The summed E-state index contributed by atoms with van der Waals surface area (Å²) in [4.78, 5) is 9.93. The first-order valence-corrected chi connectivity index (χ1v) is 6.01. The van der Waals surface area contributed by atoms with Crippen molar-refractivity contribution >= 4 is 29.2 Å². The van der Waals surface area contributed by atoms with Crippen molar-refractivity contribution in [2.75, 3.05) is 0 Å². The Bertz CT molecular complexity index is 353. The second-order valence-electron chi connectivity index (χ2n) is 5.98. The Hall–Kier alpha value is -0.210. The average molecular weight is 265 g/mol. The van der Waals surface area contributed by atoms with Crippen molar-refractivity contribution in [2.24, 2.45) is 16.7 Å². The van der Waals surface area contributed by atoms with Crippen LogP contribution < -0.4 is 0 Å². The van der Waals surface area contributed by atoms with Gasteiger partial charge in [-0.3, -0.25) is 4.79 Å². The van der Waals surface area contributed by atoms with Crippen molar-refractivity contribution in [3.05, 3.63) is 11.1 Å². The van der Waals surface area contributed by atoms with Crippen molar-refractivity contribution in [1.29, 1.82) is 0 Å². The zero-order chi connectivity index (χ0) is 12.9. The van der Waals surface area contributed by atoms with Crippen molar-refractivity contribution in [1.82, 2.24) is 0 Å². The number of carboxylic acids is 1. The van der Waals surface area contributed by atoms with Crippen molar-refractivity contribution in [3.8, 4) is 0 Å². The number of carbonyl (C=O) groups is 1. The highest BCUT2D eigenvalue weighted by Gasteiger charge is 2.74. The molecule has 1 aliphatic carbocycles. The number of alkyl halides is 1. The maximum absolute atomic E-state index is 11.1. The minimum Gasteiger partial charge on any atom is -0.480 e. The number of hydrogen-bond donors (Lipinski definition) is 1. The first kappa shape index (κ1) is 13.9. The lowest BCUT2D eigenvalue weighted by Gasteiger charge is -2.17. The highest BCUT2D eigenvalue weighted by molar-refractivity contribution is 6.38. The molecule has 2 unspecified atom stereocenters. The lowest BCUT2D eigenvalue weighted by atomic mass is 9.94. The summed E-state index contributed by atoms with van der Waals surface area (Å²) in [7, 11) is 0. The van der Waals surface area contributed by atoms with Crippen LogP contribution in [0.2, 0.25) is 0 Å². The first-order chi connectivity index (χ1) is 6.95. The summed E-state index contributed by atoms with van der Waals surface area (Å²) in [5, 5.41) is 9.79. The van der Waals surface area contributed by atoms with E-state index in [9.17, 15) is 4.79 Å². The van der Waals surface area contributed by atoms with Crippen molar-refractivity contribution in [2.45, 2.75) is 39.5 Å². The molecule has 0 bridgehead atoms. The van der Waals surface area contributed by atoms with Crippen molar-refractivity contribution in [3.63, 3.8) is 0 Å². The largest absolute Gasteiger partial charge is 0.480 e. The molecule has 0 aromatic rings. The van der Waals surface area contributed by atoms with Crippen LogP contribution in [-0.4, -0.2) is 16.0 Å². The number of allylic oxidation sites excluding steroid dienone is 2. The van der Waals surface area contributed by atoms with Crippen LogP contribution in [0.3, 0.4) is 0 Å². The standard InChI is InChI=1S/C12H18Cl2O2/c1-10(2,3)8(13)6-7-11(4,5)12(7,14)9(15)16/h6-7H,1-5H3,(H,15,16). The Balaban J connectivity index is 3.00. The Morgan fingerprint density at radius 2 is 1.81 bits per heavy atom. The van der Waals surface area contributed by atoms with E-state index < -0.39 is 16.3 Å². The van der Waals surface area contributed by atoms with Crippen LogP contribution in [0.1, 0.15) is 34.6 Å². The molecule has 0 heterocycles. The molecule has 1 N–H and O–H groups in total. The summed E-state index contributed by atoms with van der Waals surface area (Å²) < 4.78 is 0. The second kappa shape index (κ2) is 3.64. The summed E-state index contributed by atoms with van der Waals surface area (Å²) in [5.41, 5.74) is -0.623. The lowest BCUT2D eigenvalue weighted by Crippen LogP contribution is -2.21. The predicted octanol–water partition coefficient (Wildman–Crippen LogP) is 3.87. The van der Waals surface area contributed by atoms with Gasteiger partial charge in [-0.1, -0.05) is 52.3 Å². The molecule has 0 amide bonds. The van der Waals surface area contributed by atoms with Gasteiger partial charge >= 0.3 is 5.97 Å². The van der Waals surface area contributed by atoms with Gasteiger partial charge < -0.3 is 5.11 Å². The normalized spacial score (nSPS) is 33.7. The van der Waals surface area contributed by atoms with Crippen molar-refractivity contribution < 1.29 is 9.90 Å². The molecule has 0 spiro atoms. The number of rotatable bonds is 2. The summed E-state index contributed by atoms with van der Waals surface area (Å²) in [5.74, 6) is -1.19. The van der Waals surface area contributed by atoms with Gasteiger partial charge in [0.1, 0.15) is 0 Å². The molecule has 2 atom stereocenters. The molecule has 0 radical (unpaired) electrons. The van der Waals surface area contributed by atoms with Gasteiger partial charge in [0.25, 0.3) is 0 Å². The summed E-state index contributed by atoms with van der Waals surface area (Å²) in [6.45, 7) is 9.65. The SMILES string of the molecule is CC(C)(C)C(Cl)=CC1C(C)(C)C1(Cl)C(=O)O. The van der Waals surface area contributed by atoms with E-state index in [2.05, 4.69) is 0 Å². The Kier molecular flexibility index (Phi) is 3.15. The molecule has 92 valence electrons. The molecule has 0 aliphatic heterocycles. The number of hydrogen-bond acceptors (Lipinski definition) is 1. The van der Waals surface area contributed by atoms with E-state index in [0.717, 1.165) is 0 Å². The third-order valence-electron chi connectivity index (χ3n) is 3.40. The highest BCUT2D eigenvalue weighted by atomic mass is 35.5. The molecule has 2 nitrogen and oxygen atoms in total. The maximum atomic E-state index is 11.1. The van der Waals surface area contributed by atoms with Gasteiger partial charge in [-0.05, 0) is 5.41 Å². The molecule has 1 aliphatic rings. The maximum Gasteiger partial charge on any atom is 0.325 e. The third-order valence-corrected chi connectivity index (χ3v) is 4.98. The molecule has 1 fully saturated rings. The van der Waals surface area contributed by atoms with Crippen LogP contribution >= 0.6 is 23.2 Å². The molecule has 16 heavy (non-hydrogen) atoms. The number of halogens is 2. The minimum atomic E-state index is -1.21. The molecule has 0 saturated heterocycles. The van der Waals surface area contributed by atoms with E-state index in [0.29, 0.717) is 5.03 Å². The number of carboxylic acid groups (broad SMARTS) is 1. The van der Waals surface area contributed by atoms with Gasteiger partial charge in [-0.25, -0.2) is 0 Å². The van der Waals surface area contributed by atoms with E-state index in [4.69, 9.17) is 28.3 Å². The summed E-state index contributed by atoms with van der Waals surface area (Å²) in [6, 6.07) is 0. The van der Waals surface area contributed by atoms with Gasteiger partial charge in [0, 0.05) is 16.4 Å². The van der Waals surface area contributed by atoms with Crippen LogP contribution in [0.5, 0.6) is 0 Å². The summed E-state index contributed by atoms with van der Waals surface area (Å²) >= 11 is 12.3. The first-order valence-electron chi connectivity index (χ1n) is 5.26. The molecule has 0 aromatic carbocycles. The lowest BCUT2D eigenvalue weighted by molar-refractivity contribution is -0.138.